The van der Waals surface area contributed by atoms with Crippen LogP contribution in [-0.2, 0) is 4.79 Å². The fourth-order valence-corrected chi connectivity index (χ4v) is 1.64. The molecule has 0 heterocycles. The molecule has 1 atom stereocenters. The van der Waals surface area contributed by atoms with Gasteiger partial charge < -0.3 is 10.4 Å². The number of halogens is 2. The van der Waals surface area contributed by atoms with Crippen molar-refractivity contribution in [3.63, 3.8) is 0 Å². The number of hydrogen-bond acceptors (Lipinski definition) is 4. The number of nitrogens with zero attached hydrogens (tertiary/aromatic N) is 1. The third-order valence-electron chi connectivity index (χ3n) is 2.19. The topological polar surface area (TPSA) is 92.5 Å². The van der Waals surface area contributed by atoms with E-state index in [4.69, 9.17) is 11.5 Å². The normalized spacial score (nSPS) is 11.4. The summed E-state index contributed by atoms with van der Waals surface area (Å²) in [5, 5.41) is 22.1. The highest BCUT2D eigenvalue weighted by Gasteiger charge is 2.23. The van der Waals surface area contributed by atoms with Gasteiger partial charge in [-0.05, 0) is 15.9 Å². The standard InChI is InChI=1S/C11H8BrFN2O4/c1-2-3-8(11(16)17)14-9-5-7(13)6(12)4-10(9)15(18)19/h1,4-5,8,14H,3H2,(H,16,17). The number of carbonyl (C=O) groups is 1. The second-order valence-corrected chi connectivity index (χ2v) is 4.34. The third kappa shape index (κ3) is 3.66. The fourth-order valence-electron chi connectivity index (χ4n) is 1.31. The Kier molecular flexibility index (Phi) is 4.83. The van der Waals surface area contributed by atoms with E-state index in [9.17, 15) is 19.3 Å². The highest BCUT2D eigenvalue weighted by atomic mass is 79.9. The Labute approximate surface area is 115 Å². The number of aliphatic carboxylic acids is 1. The molecule has 0 saturated carbocycles. The first-order valence-electron chi connectivity index (χ1n) is 4.93. The summed E-state index contributed by atoms with van der Waals surface area (Å²) in [6.45, 7) is 0. The fraction of sp³-hybridized carbons (Fsp3) is 0.182. The number of nitro groups is 1. The van der Waals surface area contributed by atoms with Crippen LogP contribution in [0, 0.1) is 28.3 Å². The summed E-state index contributed by atoms with van der Waals surface area (Å²) in [6, 6.07) is 0.561. The molecule has 1 aromatic rings. The Morgan fingerprint density at radius 2 is 2.32 bits per heavy atom. The summed E-state index contributed by atoms with van der Waals surface area (Å²) in [7, 11) is 0. The van der Waals surface area contributed by atoms with Crippen LogP contribution in [0.1, 0.15) is 6.42 Å². The van der Waals surface area contributed by atoms with E-state index in [1.54, 1.807) is 0 Å². The van der Waals surface area contributed by atoms with Gasteiger partial charge in [0.15, 0.2) is 0 Å². The van der Waals surface area contributed by atoms with E-state index >= 15 is 0 Å². The van der Waals surface area contributed by atoms with Crippen molar-refractivity contribution in [2.45, 2.75) is 12.5 Å². The summed E-state index contributed by atoms with van der Waals surface area (Å²) in [4.78, 5) is 21.0. The number of benzene rings is 1. The van der Waals surface area contributed by atoms with E-state index in [0.29, 0.717) is 0 Å². The average Bonchev–Trinajstić information content (AvgIpc) is 2.32. The van der Waals surface area contributed by atoms with Crippen molar-refractivity contribution >= 4 is 33.3 Å². The van der Waals surface area contributed by atoms with Gasteiger partial charge in [0.25, 0.3) is 5.69 Å². The predicted octanol–water partition coefficient (Wildman–Crippen LogP) is 2.38. The van der Waals surface area contributed by atoms with Gasteiger partial charge in [0.05, 0.1) is 9.40 Å². The summed E-state index contributed by atoms with van der Waals surface area (Å²) < 4.78 is 13.3. The van der Waals surface area contributed by atoms with Crippen molar-refractivity contribution < 1.29 is 19.2 Å². The van der Waals surface area contributed by atoms with Gasteiger partial charge in [-0.2, -0.15) is 0 Å². The Morgan fingerprint density at radius 3 is 2.79 bits per heavy atom. The van der Waals surface area contributed by atoms with Crippen LogP contribution < -0.4 is 5.32 Å². The lowest BCUT2D eigenvalue weighted by Gasteiger charge is -2.13. The minimum Gasteiger partial charge on any atom is -0.480 e. The van der Waals surface area contributed by atoms with Crippen molar-refractivity contribution in [2.24, 2.45) is 0 Å². The van der Waals surface area contributed by atoms with E-state index in [1.807, 2.05) is 0 Å². The molecule has 100 valence electrons. The molecule has 0 radical (unpaired) electrons. The van der Waals surface area contributed by atoms with Crippen LogP contribution in [0.25, 0.3) is 0 Å². The molecule has 0 aliphatic carbocycles. The lowest BCUT2D eigenvalue weighted by Crippen LogP contribution is -2.29. The molecule has 8 heteroatoms. The molecule has 0 bridgehead atoms. The van der Waals surface area contributed by atoms with E-state index in [2.05, 4.69) is 27.2 Å². The summed E-state index contributed by atoms with van der Waals surface area (Å²) in [5.41, 5.74) is -0.690. The van der Waals surface area contributed by atoms with E-state index in [-0.39, 0.29) is 16.6 Å². The molecular weight excluding hydrogens is 323 g/mol. The zero-order valence-corrected chi connectivity index (χ0v) is 11.0. The van der Waals surface area contributed by atoms with Gasteiger partial charge in [-0.1, -0.05) is 0 Å². The number of carboxylic acid groups (broad SMARTS) is 1. The lowest BCUT2D eigenvalue weighted by molar-refractivity contribution is -0.384. The number of rotatable bonds is 5. The second-order valence-electron chi connectivity index (χ2n) is 3.48. The number of carboxylic acids is 1. The van der Waals surface area contributed by atoms with Crippen LogP contribution in [0.4, 0.5) is 15.8 Å². The zero-order valence-electron chi connectivity index (χ0n) is 9.39. The highest BCUT2D eigenvalue weighted by molar-refractivity contribution is 9.10. The van der Waals surface area contributed by atoms with Crippen LogP contribution in [0.3, 0.4) is 0 Å². The maximum absolute atomic E-state index is 13.4. The molecule has 1 rings (SSSR count). The molecule has 0 spiro atoms. The van der Waals surface area contributed by atoms with Gasteiger partial charge in [-0.15, -0.1) is 12.3 Å². The Hall–Kier alpha value is -2.14. The van der Waals surface area contributed by atoms with Gasteiger partial charge in [-0.25, -0.2) is 9.18 Å². The smallest absolute Gasteiger partial charge is 0.327 e. The number of nitro benzene ring substituents is 1. The first-order valence-corrected chi connectivity index (χ1v) is 5.72. The molecule has 2 N–H and O–H groups in total. The Bertz CT molecular complexity index is 571. The highest BCUT2D eigenvalue weighted by Crippen LogP contribution is 2.31. The van der Waals surface area contributed by atoms with Crippen LogP contribution in [0.2, 0.25) is 0 Å². The van der Waals surface area contributed by atoms with Gasteiger partial charge >= 0.3 is 5.97 Å². The SMILES string of the molecule is C#CCC(Nc1cc(F)c(Br)cc1[N+](=O)[O-])C(=O)O. The van der Waals surface area contributed by atoms with Gasteiger partial charge in [-0.3, -0.25) is 10.1 Å². The van der Waals surface area contributed by atoms with Crippen LogP contribution in [0.5, 0.6) is 0 Å². The number of hydrogen-bond donors (Lipinski definition) is 2. The Morgan fingerprint density at radius 1 is 1.68 bits per heavy atom. The molecule has 0 aliphatic rings. The molecule has 0 saturated heterocycles. The molecule has 1 unspecified atom stereocenters. The van der Waals surface area contributed by atoms with E-state index in [1.165, 1.54) is 0 Å². The van der Waals surface area contributed by atoms with Crippen molar-refractivity contribution in [1.82, 2.24) is 0 Å². The summed E-state index contributed by atoms with van der Waals surface area (Å²) >= 11 is 2.82. The summed E-state index contributed by atoms with van der Waals surface area (Å²) in [5.74, 6) is 0.0941. The number of anilines is 1. The molecule has 6 nitrogen and oxygen atoms in total. The summed E-state index contributed by atoms with van der Waals surface area (Å²) in [6.07, 6.45) is 4.81. The van der Waals surface area contributed by atoms with Crippen molar-refractivity contribution in [2.75, 3.05) is 5.32 Å². The minimum absolute atomic E-state index is 0.0893. The number of terminal acetylenes is 1. The van der Waals surface area contributed by atoms with Gasteiger partial charge in [0, 0.05) is 18.6 Å². The maximum Gasteiger partial charge on any atom is 0.327 e. The molecular formula is C11H8BrFN2O4. The minimum atomic E-state index is -1.28. The molecule has 0 aromatic heterocycles. The van der Waals surface area contributed by atoms with Crippen LogP contribution in [0.15, 0.2) is 16.6 Å². The maximum atomic E-state index is 13.4. The lowest BCUT2D eigenvalue weighted by atomic mass is 10.2. The van der Waals surface area contributed by atoms with Gasteiger partial charge in [0.1, 0.15) is 17.5 Å². The third-order valence-corrected chi connectivity index (χ3v) is 2.79. The molecule has 1 aromatic carbocycles. The molecule has 0 aliphatic heterocycles. The van der Waals surface area contributed by atoms with Crippen LogP contribution in [-0.4, -0.2) is 22.0 Å². The largest absolute Gasteiger partial charge is 0.480 e. The molecule has 0 fully saturated rings. The zero-order chi connectivity index (χ0) is 14.6. The van der Waals surface area contributed by atoms with Crippen molar-refractivity contribution in [1.29, 1.82) is 0 Å². The molecule has 19 heavy (non-hydrogen) atoms. The number of nitrogens with one attached hydrogen (secondary N) is 1. The van der Waals surface area contributed by atoms with Crippen molar-refractivity contribution in [3.05, 3.63) is 32.5 Å². The second kappa shape index (κ2) is 6.15. The monoisotopic (exact) mass is 330 g/mol. The first-order chi connectivity index (χ1) is 8.86. The quantitative estimate of drug-likeness (QED) is 0.491. The Balaban J connectivity index is 3.18. The van der Waals surface area contributed by atoms with Crippen LogP contribution >= 0.6 is 15.9 Å². The molecule has 0 amide bonds. The van der Waals surface area contributed by atoms with E-state index in [0.717, 1.165) is 12.1 Å². The van der Waals surface area contributed by atoms with Gasteiger partial charge in [0.2, 0.25) is 0 Å². The average molecular weight is 331 g/mol. The predicted molar refractivity (Wildman–Crippen MR) is 69.3 cm³/mol. The van der Waals surface area contributed by atoms with Crippen molar-refractivity contribution in [3.8, 4) is 12.3 Å². The first kappa shape index (κ1) is 14.9. The van der Waals surface area contributed by atoms with E-state index < -0.39 is 28.4 Å².